The van der Waals surface area contributed by atoms with Crippen LogP contribution in [-0.2, 0) is 16.1 Å². The van der Waals surface area contributed by atoms with Crippen LogP contribution in [-0.4, -0.2) is 45.7 Å². The number of hydrogen-bond donors (Lipinski definition) is 3. The molecule has 0 unspecified atom stereocenters. The molecule has 7 nitrogen and oxygen atoms in total. The van der Waals surface area contributed by atoms with E-state index in [1.54, 1.807) is 0 Å². The average Bonchev–Trinajstić information content (AvgIpc) is 2.94. The number of aliphatic carboxylic acids is 1. The van der Waals surface area contributed by atoms with Crippen molar-refractivity contribution >= 4 is 29.6 Å². The van der Waals surface area contributed by atoms with Gasteiger partial charge in [-0.1, -0.05) is 23.7 Å². The molecule has 1 aliphatic rings. The summed E-state index contributed by atoms with van der Waals surface area (Å²) in [5.74, 6) is -3.44. The number of carboxylic acids is 1. The third-order valence-electron chi connectivity index (χ3n) is 3.68. The summed E-state index contributed by atoms with van der Waals surface area (Å²) in [6, 6.07) is 3.20. The molecular weight excluding hydrogens is 331 g/mol. The zero-order valence-corrected chi connectivity index (χ0v) is 12.6. The molecule has 2 atom stereocenters. The summed E-state index contributed by atoms with van der Waals surface area (Å²) >= 11 is 5.64. The highest BCUT2D eigenvalue weighted by Gasteiger charge is 2.42. The monoisotopic (exact) mass is 344 g/mol. The Morgan fingerprint density at radius 3 is 2.65 bits per heavy atom. The number of nitrogens with one attached hydrogen (secondary N) is 1. The fourth-order valence-electron chi connectivity index (χ4n) is 2.46. The topological polar surface area (TPSA) is 107 Å². The van der Waals surface area contributed by atoms with Gasteiger partial charge in [-0.15, -0.1) is 0 Å². The van der Waals surface area contributed by atoms with Crippen LogP contribution in [0.3, 0.4) is 0 Å². The Bertz CT molecular complexity index is 654. The van der Waals surface area contributed by atoms with Crippen molar-refractivity contribution in [2.24, 2.45) is 5.92 Å². The highest BCUT2D eigenvalue weighted by molar-refractivity contribution is 6.30. The van der Waals surface area contributed by atoms with Crippen LogP contribution in [0.25, 0.3) is 0 Å². The highest BCUT2D eigenvalue weighted by Crippen LogP contribution is 2.24. The lowest BCUT2D eigenvalue weighted by Crippen LogP contribution is -2.45. The molecule has 3 N–H and O–H groups in total. The maximum absolute atomic E-state index is 13.7. The summed E-state index contributed by atoms with van der Waals surface area (Å²) in [6.45, 7) is -0.429. The molecule has 2 rings (SSSR count). The third kappa shape index (κ3) is 3.70. The molecule has 0 aliphatic carbocycles. The normalized spacial score (nSPS) is 20.3. The molecule has 1 aromatic rings. The average molecular weight is 345 g/mol. The molecule has 1 saturated heterocycles. The van der Waals surface area contributed by atoms with Crippen molar-refractivity contribution in [2.75, 3.05) is 6.54 Å². The summed E-state index contributed by atoms with van der Waals surface area (Å²) in [5, 5.41) is 20.4. The molecule has 0 aromatic heterocycles. The molecule has 9 heteroatoms. The van der Waals surface area contributed by atoms with E-state index in [-0.39, 0.29) is 30.1 Å². The van der Waals surface area contributed by atoms with E-state index < -0.39 is 35.7 Å². The Balaban J connectivity index is 2.05. The van der Waals surface area contributed by atoms with Gasteiger partial charge in [-0.05, 0) is 12.5 Å². The number of carboxylic acid groups (broad SMARTS) is 2. The fourth-order valence-corrected chi connectivity index (χ4v) is 2.65. The Labute approximate surface area is 135 Å². The van der Waals surface area contributed by atoms with Crippen LogP contribution < -0.4 is 5.32 Å². The molecular formula is C14H14ClFN2O5. The van der Waals surface area contributed by atoms with Crippen LogP contribution in [0.15, 0.2) is 18.2 Å². The van der Waals surface area contributed by atoms with E-state index in [2.05, 4.69) is 5.32 Å². The van der Waals surface area contributed by atoms with Crippen LogP contribution in [0.2, 0.25) is 5.02 Å². The van der Waals surface area contributed by atoms with E-state index in [4.69, 9.17) is 21.8 Å². The minimum atomic E-state index is -1.37. The van der Waals surface area contributed by atoms with Gasteiger partial charge in [0.05, 0.1) is 10.9 Å². The van der Waals surface area contributed by atoms with Crippen molar-refractivity contribution in [3.05, 3.63) is 34.6 Å². The van der Waals surface area contributed by atoms with E-state index in [9.17, 15) is 18.8 Å². The van der Waals surface area contributed by atoms with E-state index in [1.807, 2.05) is 0 Å². The highest BCUT2D eigenvalue weighted by atomic mass is 35.5. The van der Waals surface area contributed by atoms with Crippen LogP contribution in [0.5, 0.6) is 0 Å². The minimum Gasteiger partial charge on any atom is -0.481 e. The second-order valence-electron chi connectivity index (χ2n) is 5.15. The van der Waals surface area contributed by atoms with Gasteiger partial charge in [0.15, 0.2) is 0 Å². The molecule has 0 spiro atoms. The molecule has 124 valence electrons. The predicted molar refractivity (Wildman–Crippen MR) is 77.5 cm³/mol. The lowest BCUT2D eigenvalue weighted by atomic mass is 10.1. The first-order valence-corrected chi connectivity index (χ1v) is 7.12. The van der Waals surface area contributed by atoms with Gasteiger partial charge in [0.2, 0.25) is 5.91 Å². The van der Waals surface area contributed by atoms with Gasteiger partial charge >= 0.3 is 12.1 Å². The van der Waals surface area contributed by atoms with Crippen LogP contribution >= 0.6 is 11.6 Å². The van der Waals surface area contributed by atoms with Crippen LogP contribution in [0.4, 0.5) is 9.18 Å². The van der Waals surface area contributed by atoms with Gasteiger partial charge in [0.1, 0.15) is 11.9 Å². The van der Waals surface area contributed by atoms with Crippen molar-refractivity contribution in [1.29, 1.82) is 0 Å². The maximum atomic E-state index is 13.7. The lowest BCUT2D eigenvalue weighted by Gasteiger charge is -2.20. The number of amides is 2. The molecule has 2 amide bonds. The number of carbonyl (C=O) groups is 3. The minimum absolute atomic E-state index is 0.0873. The van der Waals surface area contributed by atoms with Crippen molar-refractivity contribution in [3.63, 3.8) is 0 Å². The number of halogens is 2. The Morgan fingerprint density at radius 1 is 1.35 bits per heavy atom. The SMILES string of the molecule is O=C(O)[C@H]1C[C@@H](C(=O)NCc2cccc(Cl)c2F)N(C(=O)O)C1. The summed E-state index contributed by atoms with van der Waals surface area (Å²) in [6.07, 6.45) is -1.49. The van der Waals surface area contributed by atoms with E-state index >= 15 is 0 Å². The van der Waals surface area contributed by atoms with Gasteiger partial charge in [-0.2, -0.15) is 0 Å². The zero-order valence-electron chi connectivity index (χ0n) is 11.8. The molecule has 1 aromatic carbocycles. The first-order chi connectivity index (χ1) is 10.8. The van der Waals surface area contributed by atoms with Gasteiger partial charge in [0.25, 0.3) is 0 Å². The lowest BCUT2D eigenvalue weighted by molar-refractivity contribution is -0.141. The zero-order chi connectivity index (χ0) is 17.1. The molecule has 1 fully saturated rings. The molecule has 0 radical (unpaired) electrons. The molecule has 1 aliphatic heterocycles. The summed E-state index contributed by atoms with van der Waals surface area (Å²) < 4.78 is 13.7. The third-order valence-corrected chi connectivity index (χ3v) is 3.98. The number of rotatable bonds is 4. The largest absolute Gasteiger partial charge is 0.481 e. The van der Waals surface area contributed by atoms with Crippen LogP contribution in [0, 0.1) is 11.7 Å². The molecule has 23 heavy (non-hydrogen) atoms. The molecule has 0 saturated carbocycles. The number of hydrogen-bond acceptors (Lipinski definition) is 3. The molecule has 1 heterocycles. The predicted octanol–water partition coefficient (Wildman–Crippen LogP) is 1.55. The van der Waals surface area contributed by atoms with Crippen molar-refractivity contribution < 1.29 is 29.0 Å². The Hall–Kier alpha value is -2.35. The van der Waals surface area contributed by atoms with Crippen LogP contribution in [0.1, 0.15) is 12.0 Å². The number of nitrogens with zero attached hydrogens (tertiary/aromatic N) is 1. The quantitative estimate of drug-likeness (QED) is 0.768. The number of benzene rings is 1. The van der Waals surface area contributed by atoms with Gasteiger partial charge in [0, 0.05) is 18.7 Å². The second kappa shape index (κ2) is 6.82. The summed E-state index contributed by atoms with van der Waals surface area (Å²) in [4.78, 5) is 35.0. The smallest absolute Gasteiger partial charge is 0.408 e. The first-order valence-electron chi connectivity index (χ1n) is 6.74. The van der Waals surface area contributed by atoms with E-state index in [1.165, 1.54) is 18.2 Å². The fraction of sp³-hybridized carbons (Fsp3) is 0.357. The van der Waals surface area contributed by atoms with Gasteiger partial charge in [-0.25, -0.2) is 9.18 Å². The standard InChI is InChI=1S/C14H14ClFN2O5/c15-9-3-1-2-7(11(9)16)5-17-12(19)10-4-8(13(20)21)6-18(10)14(22)23/h1-3,8,10H,4-6H2,(H,17,19)(H,20,21)(H,22,23)/t8-,10-/m0/s1. The van der Waals surface area contributed by atoms with Crippen molar-refractivity contribution in [1.82, 2.24) is 10.2 Å². The summed E-state index contributed by atoms with van der Waals surface area (Å²) in [7, 11) is 0. The van der Waals surface area contributed by atoms with E-state index in [0.29, 0.717) is 0 Å². The molecule has 0 bridgehead atoms. The number of carbonyl (C=O) groups excluding carboxylic acids is 1. The van der Waals surface area contributed by atoms with Gasteiger partial charge in [-0.3, -0.25) is 14.5 Å². The maximum Gasteiger partial charge on any atom is 0.408 e. The summed E-state index contributed by atoms with van der Waals surface area (Å²) in [5.41, 5.74) is 0.153. The van der Waals surface area contributed by atoms with Gasteiger partial charge < -0.3 is 15.5 Å². The Kier molecular flexibility index (Phi) is 5.05. The van der Waals surface area contributed by atoms with E-state index in [0.717, 1.165) is 4.90 Å². The first kappa shape index (κ1) is 17.0. The van der Waals surface area contributed by atoms with Crippen molar-refractivity contribution in [2.45, 2.75) is 19.0 Å². The van der Waals surface area contributed by atoms with Crippen molar-refractivity contribution in [3.8, 4) is 0 Å². The Morgan fingerprint density at radius 2 is 2.04 bits per heavy atom. The number of likely N-dealkylation sites (tertiary alicyclic amines) is 1. The second-order valence-corrected chi connectivity index (χ2v) is 5.56.